The van der Waals surface area contributed by atoms with Gasteiger partial charge in [-0.05, 0) is 26.2 Å². The van der Waals surface area contributed by atoms with Crippen molar-refractivity contribution in [3.05, 3.63) is 0 Å². The quantitative estimate of drug-likeness (QED) is 0.586. The molecule has 0 radical (unpaired) electrons. The van der Waals surface area contributed by atoms with Gasteiger partial charge in [0, 0.05) is 13.5 Å². The van der Waals surface area contributed by atoms with Crippen LogP contribution in [-0.4, -0.2) is 29.2 Å². The Morgan fingerprint density at radius 3 is 2.33 bits per heavy atom. The first-order chi connectivity index (χ1) is 5.63. The van der Waals surface area contributed by atoms with Crippen LogP contribution in [0.1, 0.15) is 33.1 Å². The van der Waals surface area contributed by atoms with E-state index in [1.807, 2.05) is 0 Å². The lowest BCUT2D eigenvalue weighted by Gasteiger charge is -2.33. The molecule has 0 N–H and O–H groups in total. The minimum atomic E-state index is -0.142. The average Bonchev–Trinajstić information content (AvgIpc) is 2.04. The number of amides is 1. The van der Waals surface area contributed by atoms with E-state index in [2.05, 4.69) is 0 Å². The average molecular weight is 169 g/mol. The molecule has 0 unspecified atom stereocenters. The molecular formula is C9H15NO2. The fourth-order valence-corrected chi connectivity index (χ4v) is 1.73. The zero-order valence-electron chi connectivity index (χ0n) is 7.67. The van der Waals surface area contributed by atoms with Crippen LogP contribution in [0.25, 0.3) is 0 Å². The van der Waals surface area contributed by atoms with Gasteiger partial charge in [0.15, 0.2) is 5.78 Å². The molecule has 0 aliphatic carbocycles. The number of nitrogens with zero attached hydrogens (tertiary/aromatic N) is 1. The van der Waals surface area contributed by atoms with Crippen molar-refractivity contribution in [2.24, 2.45) is 0 Å². The predicted molar refractivity (Wildman–Crippen MR) is 45.7 cm³/mol. The summed E-state index contributed by atoms with van der Waals surface area (Å²) in [6.07, 6.45) is 2.94. The molecule has 0 aromatic carbocycles. The molecule has 0 aromatic rings. The number of piperidine rings is 1. The molecule has 12 heavy (non-hydrogen) atoms. The molecule has 1 rings (SSSR count). The van der Waals surface area contributed by atoms with Gasteiger partial charge in [0.2, 0.25) is 5.91 Å². The third-order valence-electron chi connectivity index (χ3n) is 2.38. The second-order valence-corrected chi connectivity index (χ2v) is 3.33. The zero-order valence-corrected chi connectivity index (χ0v) is 7.67. The summed E-state index contributed by atoms with van der Waals surface area (Å²) in [6.45, 7) is 3.84. The summed E-state index contributed by atoms with van der Waals surface area (Å²) < 4.78 is 0. The molecule has 68 valence electrons. The Morgan fingerprint density at radius 2 is 1.92 bits per heavy atom. The molecule has 1 atom stereocenters. The van der Waals surface area contributed by atoms with E-state index < -0.39 is 0 Å². The Balaban J connectivity index is 2.67. The normalized spacial score (nSPS) is 23.8. The smallest absolute Gasteiger partial charge is 0.220 e. The Morgan fingerprint density at radius 1 is 1.25 bits per heavy atom. The summed E-state index contributed by atoms with van der Waals surface area (Å²) in [7, 11) is 0. The molecular weight excluding hydrogens is 154 g/mol. The van der Waals surface area contributed by atoms with E-state index in [0.717, 1.165) is 25.8 Å². The first-order valence-corrected chi connectivity index (χ1v) is 4.40. The second kappa shape index (κ2) is 3.70. The highest BCUT2D eigenvalue weighted by Gasteiger charge is 2.27. The van der Waals surface area contributed by atoms with Crippen molar-refractivity contribution in [1.82, 2.24) is 4.90 Å². The van der Waals surface area contributed by atoms with E-state index in [-0.39, 0.29) is 17.7 Å². The van der Waals surface area contributed by atoms with Gasteiger partial charge in [-0.3, -0.25) is 9.59 Å². The lowest BCUT2D eigenvalue weighted by molar-refractivity contribution is -0.138. The van der Waals surface area contributed by atoms with E-state index in [0.29, 0.717) is 0 Å². The molecule has 1 fully saturated rings. The molecule has 3 heteroatoms. The molecule has 1 amide bonds. The predicted octanol–water partition coefficient (Wildman–Crippen LogP) is 0.976. The van der Waals surface area contributed by atoms with Crippen LogP contribution in [-0.2, 0) is 9.59 Å². The number of likely N-dealkylation sites (tertiary alicyclic amines) is 1. The largest absolute Gasteiger partial charge is 0.333 e. The van der Waals surface area contributed by atoms with E-state index in [9.17, 15) is 9.59 Å². The van der Waals surface area contributed by atoms with Crippen molar-refractivity contribution < 1.29 is 9.59 Å². The van der Waals surface area contributed by atoms with Crippen LogP contribution < -0.4 is 0 Å². The fraction of sp³-hybridized carbons (Fsp3) is 0.778. The van der Waals surface area contributed by atoms with Crippen LogP contribution in [0.5, 0.6) is 0 Å². The first-order valence-electron chi connectivity index (χ1n) is 4.40. The molecule has 0 spiro atoms. The van der Waals surface area contributed by atoms with Crippen LogP contribution in [0, 0.1) is 0 Å². The second-order valence-electron chi connectivity index (χ2n) is 3.33. The molecule has 0 bridgehead atoms. The lowest BCUT2D eigenvalue weighted by Crippen LogP contribution is -2.46. The Hall–Kier alpha value is -0.860. The number of carbonyl (C=O) groups is 2. The summed E-state index contributed by atoms with van der Waals surface area (Å²) in [5.41, 5.74) is 0. The maximum Gasteiger partial charge on any atom is 0.220 e. The van der Waals surface area contributed by atoms with E-state index in [1.54, 1.807) is 11.8 Å². The van der Waals surface area contributed by atoms with Crippen LogP contribution >= 0.6 is 0 Å². The Bertz CT molecular complexity index is 179. The third-order valence-corrected chi connectivity index (χ3v) is 2.38. The topological polar surface area (TPSA) is 37.4 Å². The number of Topliss-reactive ketones (excluding diaryl/α,β-unsaturated/α-hetero) is 1. The first kappa shape index (κ1) is 9.23. The molecule has 1 saturated heterocycles. The summed E-state index contributed by atoms with van der Waals surface area (Å²) in [6, 6.07) is -0.142. The Kier molecular flexibility index (Phi) is 2.84. The Labute approximate surface area is 72.7 Å². The van der Waals surface area contributed by atoms with Gasteiger partial charge in [0.05, 0.1) is 6.04 Å². The number of hydrogen-bond donors (Lipinski definition) is 0. The molecule has 0 saturated carbocycles. The van der Waals surface area contributed by atoms with Crippen LogP contribution in [0.15, 0.2) is 0 Å². The van der Waals surface area contributed by atoms with Crippen molar-refractivity contribution in [1.29, 1.82) is 0 Å². The van der Waals surface area contributed by atoms with E-state index in [1.165, 1.54) is 6.92 Å². The van der Waals surface area contributed by atoms with Crippen LogP contribution in [0.2, 0.25) is 0 Å². The SMILES string of the molecule is CC(=O)[C@@H]1CCCCN1C(C)=O. The number of carbonyl (C=O) groups excluding carboxylic acids is 2. The minimum Gasteiger partial charge on any atom is -0.333 e. The monoisotopic (exact) mass is 169 g/mol. The van der Waals surface area contributed by atoms with Gasteiger partial charge in [0.25, 0.3) is 0 Å². The minimum absolute atomic E-state index is 0.0231. The maximum absolute atomic E-state index is 11.1. The zero-order chi connectivity index (χ0) is 9.14. The highest BCUT2D eigenvalue weighted by atomic mass is 16.2. The van der Waals surface area contributed by atoms with Crippen molar-refractivity contribution in [2.75, 3.05) is 6.54 Å². The summed E-state index contributed by atoms with van der Waals surface area (Å²) in [5.74, 6) is 0.139. The van der Waals surface area contributed by atoms with E-state index >= 15 is 0 Å². The fourth-order valence-electron chi connectivity index (χ4n) is 1.73. The maximum atomic E-state index is 11.1. The van der Waals surface area contributed by atoms with Gasteiger partial charge in [-0.25, -0.2) is 0 Å². The van der Waals surface area contributed by atoms with Gasteiger partial charge in [-0.1, -0.05) is 0 Å². The molecule has 1 aliphatic heterocycles. The van der Waals surface area contributed by atoms with Crippen molar-refractivity contribution >= 4 is 11.7 Å². The summed E-state index contributed by atoms with van der Waals surface area (Å²) in [5, 5.41) is 0. The number of ketones is 1. The molecule has 3 nitrogen and oxygen atoms in total. The van der Waals surface area contributed by atoms with Gasteiger partial charge in [-0.2, -0.15) is 0 Å². The molecule has 0 aromatic heterocycles. The van der Waals surface area contributed by atoms with Gasteiger partial charge < -0.3 is 4.90 Å². The van der Waals surface area contributed by atoms with Crippen molar-refractivity contribution in [2.45, 2.75) is 39.2 Å². The standard InChI is InChI=1S/C9H15NO2/c1-7(11)9-5-3-4-6-10(9)8(2)12/h9H,3-6H2,1-2H3/t9-/m0/s1. The summed E-state index contributed by atoms with van der Waals surface area (Å²) >= 11 is 0. The van der Waals surface area contributed by atoms with Gasteiger partial charge >= 0.3 is 0 Å². The van der Waals surface area contributed by atoms with Gasteiger partial charge in [0.1, 0.15) is 0 Å². The van der Waals surface area contributed by atoms with Crippen LogP contribution in [0.4, 0.5) is 0 Å². The molecule has 1 heterocycles. The number of hydrogen-bond acceptors (Lipinski definition) is 2. The number of rotatable bonds is 1. The van der Waals surface area contributed by atoms with Crippen molar-refractivity contribution in [3.63, 3.8) is 0 Å². The van der Waals surface area contributed by atoms with E-state index in [4.69, 9.17) is 0 Å². The highest BCUT2D eigenvalue weighted by Crippen LogP contribution is 2.17. The highest BCUT2D eigenvalue weighted by molar-refractivity contribution is 5.86. The summed E-state index contributed by atoms with van der Waals surface area (Å²) in [4.78, 5) is 23.9. The third kappa shape index (κ3) is 1.84. The van der Waals surface area contributed by atoms with Crippen molar-refractivity contribution in [3.8, 4) is 0 Å². The molecule has 1 aliphatic rings. The van der Waals surface area contributed by atoms with Gasteiger partial charge in [-0.15, -0.1) is 0 Å². The lowest BCUT2D eigenvalue weighted by atomic mass is 9.99. The van der Waals surface area contributed by atoms with Crippen LogP contribution in [0.3, 0.4) is 0 Å².